The Morgan fingerprint density at radius 2 is 1.87 bits per heavy atom. The summed E-state index contributed by atoms with van der Waals surface area (Å²) in [5.41, 5.74) is 1.85. The molecule has 0 spiro atoms. The first kappa shape index (κ1) is 14.8. The number of hydrogen-bond acceptors (Lipinski definition) is 5. The standard InChI is InChI=1S/C17H14N2O4/c1-2-18-13-6-3-12-9-15(17(20)23-16(12)10-13)11-4-7-14(8-5-11)19(21)22/h3-10,18H,2H2,1H3. The SMILES string of the molecule is CCNc1ccc2cc(-c3ccc([N+](=O)[O-])cc3)c(=O)oc2c1. The van der Waals surface area contributed by atoms with Crippen LogP contribution in [0.1, 0.15) is 6.92 Å². The molecule has 0 saturated carbocycles. The topological polar surface area (TPSA) is 85.4 Å². The van der Waals surface area contributed by atoms with Gasteiger partial charge in [-0.25, -0.2) is 4.79 Å². The Morgan fingerprint density at radius 1 is 1.13 bits per heavy atom. The molecule has 6 nitrogen and oxygen atoms in total. The van der Waals surface area contributed by atoms with Gasteiger partial charge in [0.1, 0.15) is 5.58 Å². The number of anilines is 1. The van der Waals surface area contributed by atoms with E-state index in [0.717, 1.165) is 17.6 Å². The Balaban J connectivity index is 2.07. The Hall–Kier alpha value is -3.15. The number of rotatable bonds is 4. The second kappa shape index (κ2) is 5.92. The molecule has 2 aromatic carbocycles. The maximum Gasteiger partial charge on any atom is 0.344 e. The fourth-order valence-corrected chi connectivity index (χ4v) is 2.39. The highest BCUT2D eigenvalue weighted by atomic mass is 16.6. The summed E-state index contributed by atoms with van der Waals surface area (Å²) in [5, 5.41) is 14.6. The number of nitrogens with zero attached hydrogens (tertiary/aromatic N) is 1. The molecule has 0 fully saturated rings. The van der Waals surface area contributed by atoms with Crippen molar-refractivity contribution >= 4 is 22.3 Å². The number of benzene rings is 2. The fourth-order valence-electron chi connectivity index (χ4n) is 2.39. The number of fused-ring (bicyclic) bond motifs is 1. The van der Waals surface area contributed by atoms with E-state index in [9.17, 15) is 14.9 Å². The van der Waals surface area contributed by atoms with Crippen LogP contribution in [0.15, 0.2) is 57.7 Å². The van der Waals surface area contributed by atoms with Crippen molar-refractivity contribution in [2.24, 2.45) is 0 Å². The van der Waals surface area contributed by atoms with E-state index in [2.05, 4.69) is 5.32 Å². The predicted molar refractivity (Wildman–Crippen MR) is 88.7 cm³/mol. The van der Waals surface area contributed by atoms with Crippen LogP contribution in [0.3, 0.4) is 0 Å². The molecule has 0 aliphatic rings. The second-order valence-electron chi connectivity index (χ2n) is 5.03. The highest BCUT2D eigenvalue weighted by Crippen LogP contribution is 2.24. The van der Waals surface area contributed by atoms with Crippen LogP contribution in [0.25, 0.3) is 22.1 Å². The second-order valence-corrected chi connectivity index (χ2v) is 5.03. The Morgan fingerprint density at radius 3 is 2.52 bits per heavy atom. The predicted octanol–water partition coefficient (Wildman–Crippen LogP) is 3.80. The molecule has 23 heavy (non-hydrogen) atoms. The van der Waals surface area contributed by atoms with E-state index in [1.807, 2.05) is 19.1 Å². The highest BCUT2D eigenvalue weighted by Gasteiger charge is 2.10. The van der Waals surface area contributed by atoms with Crippen LogP contribution < -0.4 is 10.9 Å². The van der Waals surface area contributed by atoms with Gasteiger partial charge in [0.25, 0.3) is 5.69 Å². The summed E-state index contributed by atoms with van der Waals surface area (Å²) in [4.78, 5) is 22.4. The first-order chi connectivity index (χ1) is 11.1. The van der Waals surface area contributed by atoms with Crippen LogP contribution in [0, 0.1) is 10.1 Å². The van der Waals surface area contributed by atoms with E-state index in [1.165, 1.54) is 12.1 Å². The minimum Gasteiger partial charge on any atom is -0.422 e. The molecule has 1 aromatic heterocycles. The number of non-ortho nitro benzene ring substituents is 1. The molecule has 0 unspecified atom stereocenters. The van der Waals surface area contributed by atoms with Crippen molar-refractivity contribution < 1.29 is 9.34 Å². The average Bonchev–Trinajstić information content (AvgIpc) is 2.54. The molecular weight excluding hydrogens is 296 g/mol. The van der Waals surface area contributed by atoms with E-state index >= 15 is 0 Å². The average molecular weight is 310 g/mol. The smallest absolute Gasteiger partial charge is 0.344 e. The van der Waals surface area contributed by atoms with Gasteiger partial charge in [0.2, 0.25) is 0 Å². The summed E-state index contributed by atoms with van der Waals surface area (Å²) in [7, 11) is 0. The third kappa shape index (κ3) is 2.91. The maximum absolute atomic E-state index is 12.2. The molecule has 1 heterocycles. The van der Waals surface area contributed by atoms with E-state index < -0.39 is 10.5 Å². The van der Waals surface area contributed by atoms with Crippen molar-refractivity contribution in [1.82, 2.24) is 0 Å². The molecule has 0 aliphatic carbocycles. The van der Waals surface area contributed by atoms with Gasteiger partial charge in [-0.1, -0.05) is 0 Å². The molecule has 0 atom stereocenters. The summed E-state index contributed by atoms with van der Waals surface area (Å²) < 4.78 is 5.38. The lowest BCUT2D eigenvalue weighted by Crippen LogP contribution is -2.03. The van der Waals surface area contributed by atoms with Crippen molar-refractivity contribution in [2.45, 2.75) is 6.92 Å². The molecule has 116 valence electrons. The minimum atomic E-state index is -0.477. The van der Waals surface area contributed by atoms with Gasteiger partial charge in [-0.05, 0) is 42.8 Å². The van der Waals surface area contributed by atoms with Crippen LogP contribution in [0.2, 0.25) is 0 Å². The largest absolute Gasteiger partial charge is 0.422 e. The van der Waals surface area contributed by atoms with Gasteiger partial charge in [0.05, 0.1) is 10.5 Å². The van der Waals surface area contributed by atoms with E-state index in [1.54, 1.807) is 24.3 Å². The summed E-state index contributed by atoms with van der Waals surface area (Å²) in [6.45, 7) is 2.76. The molecule has 1 N–H and O–H groups in total. The Bertz CT molecular complexity index is 929. The third-order valence-electron chi connectivity index (χ3n) is 3.51. The fraction of sp³-hybridized carbons (Fsp3) is 0.118. The zero-order valence-electron chi connectivity index (χ0n) is 12.4. The number of nitrogens with one attached hydrogen (secondary N) is 1. The van der Waals surface area contributed by atoms with Crippen molar-refractivity contribution in [3.8, 4) is 11.1 Å². The van der Waals surface area contributed by atoms with Crippen molar-refractivity contribution in [2.75, 3.05) is 11.9 Å². The van der Waals surface area contributed by atoms with Crippen molar-refractivity contribution in [3.05, 3.63) is 69.1 Å². The van der Waals surface area contributed by atoms with Gasteiger partial charge >= 0.3 is 5.63 Å². The normalized spacial score (nSPS) is 10.7. The van der Waals surface area contributed by atoms with E-state index in [4.69, 9.17) is 4.42 Å². The molecule has 3 aromatic rings. The first-order valence-electron chi connectivity index (χ1n) is 7.15. The highest BCUT2D eigenvalue weighted by molar-refractivity contribution is 5.84. The number of nitro benzene ring substituents is 1. The zero-order chi connectivity index (χ0) is 16.4. The van der Waals surface area contributed by atoms with Crippen LogP contribution in [-0.2, 0) is 0 Å². The molecule has 3 rings (SSSR count). The molecule has 0 radical (unpaired) electrons. The minimum absolute atomic E-state index is 0.0193. The van der Waals surface area contributed by atoms with Gasteiger partial charge < -0.3 is 9.73 Å². The number of hydrogen-bond donors (Lipinski definition) is 1. The monoisotopic (exact) mass is 310 g/mol. The molecule has 0 amide bonds. The summed E-state index contributed by atoms with van der Waals surface area (Å²) >= 11 is 0. The van der Waals surface area contributed by atoms with Crippen molar-refractivity contribution in [3.63, 3.8) is 0 Å². The van der Waals surface area contributed by atoms with Crippen LogP contribution in [0.4, 0.5) is 11.4 Å². The Kier molecular flexibility index (Phi) is 3.80. The van der Waals surface area contributed by atoms with Crippen LogP contribution >= 0.6 is 0 Å². The molecule has 0 bridgehead atoms. The summed E-state index contributed by atoms with van der Waals surface area (Å²) in [5.74, 6) is 0. The zero-order valence-corrected chi connectivity index (χ0v) is 12.4. The molecule has 6 heteroatoms. The Labute approximate surface area is 131 Å². The lowest BCUT2D eigenvalue weighted by Gasteiger charge is -2.06. The van der Waals surface area contributed by atoms with Crippen LogP contribution in [-0.4, -0.2) is 11.5 Å². The summed E-state index contributed by atoms with van der Waals surface area (Å²) in [6.07, 6.45) is 0. The molecule has 0 aliphatic heterocycles. The quantitative estimate of drug-likeness (QED) is 0.450. The maximum atomic E-state index is 12.2. The van der Waals surface area contributed by atoms with Crippen molar-refractivity contribution in [1.29, 1.82) is 0 Å². The third-order valence-corrected chi connectivity index (χ3v) is 3.51. The lowest BCUT2D eigenvalue weighted by molar-refractivity contribution is -0.384. The summed E-state index contributed by atoms with van der Waals surface area (Å²) in [6, 6.07) is 13.1. The van der Waals surface area contributed by atoms with Gasteiger partial charge in [-0.15, -0.1) is 0 Å². The van der Waals surface area contributed by atoms with E-state index in [-0.39, 0.29) is 5.69 Å². The molecule has 0 saturated heterocycles. The van der Waals surface area contributed by atoms with Gasteiger partial charge in [0.15, 0.2) is 0 Å². The van der Waals surface area contributed by atoms with E-state index in [0.29, 0.717) is 16.7 Å². The van der Waals surface area contributed by atoms with Gasteiger partial charge in [-0.2, -0.15) is 0 Å². The molecular formula is C17H14N2O4. The lowest BCUT2D eigenvalue weighted by atomic mass is 10.1. The van der Waals surface area contributed by atoms with Gasteiger partial charge in [0, 0.05) is 35.8 Å². The van der Waals surface area contributed by atoms with Gasteiger partial charge in [-0.3, -0.25) is 10.1 Å². The van der Waals surface area contributed by atoms with Crippen LogP contribution in [0.5, 0.6) is 0 Å². The first-order valence-corrected chi connectivity index (χ1v) is 7.15. The number of nitro groups is 1.